The first-order valence-corrected chi connectivity index (χ1v) is 8.20. The molecule has 2 atom stereocenters. The summed E-state index contributed by atoms with van der Waals surface area (Å²) in [5, 5.41) is 12.4. The topological polar surface area (TPSA) is 66.4 Å². The van der Waals surface area contributed by atoms with Crippen LogP contribution in [0, 0.1) is 5.82 Å². The van der Waals surface area contributed by atoms with Gasteiger partial charge in [0.2, 0.25) is 5.91 Å². The highest BCUT2D eigenvalue weighted by molar-refractivity contribution is 5.86. The minimum Gasteiger partial charge on any atom is -0.481 e. The number of hydrogen-bond donors (Lipinski definition) is 2. The highest BCUT2D eigenvalue weighted by Gasteiger charge is 2.36. The molecule has 25 heavy (non-hydrogen) atoms. The lowest BCUT2D eigenvalue weighted by atomic mass is 9.82. The first-order chi connectivity index (χ1) is 11.9. The third-order valence-corrected chi connectivity index (χ3v) is 4.50. The van der Waals surface area contributed by atoms with Crippen molar-refractivity contribution in [2.45, 2.75) is 31.6 Å². The Bertz CT molecular complexity index is 730. The van der Waals surface area contributed by atoms with Crippen molar-refractivity contribution in [3.63, 3.8) is 0 Å². The van der Waals surface area contributed by atoms with Gasteiger partial charge in [-0.1, -0.05) is 49.4 Å². The van der Waals surface area contributed by atoms with E-state index in [1.807, 2.05) is 13.0 Å². The number of carbonyl (C=O) groups is 2. The van der Waals surface area contributed by atoms with Crippen molar-refractivity contribution in [2.75, 3.05) is 6.54 Å². The molecule has 0 spiro atoms. The molecule has 2 unspecified atom stereocenters. The van der Waals surface area contributed by atoms with Crippen molar-refractivity contribution in [3.8, 4) is 0 Å². The number of rotatable bonds is 7. The second-order valence-electron chi connectivity index (χ2n) is 6.23. The van der Waals surface area contributed by atoms with Crippen molar-refractivity contribution in [3.05, 3.63) is 71.5 Å². The Morgan fingerprint density at radius 1 is 1.12 bits per heavy atom. The Kier molecular flexibility index (Phi) is 5.91. The summed E-state index contributed by atoms with van der Waals surface area (Å²) in [6, 6.07) is 14.6. The summed E-state index contributed by atoms with van der Waals surface area (Å²) in [7, 11) is 0. The van der Waals surface area contributed by atoms with E-state index in [1.165, 1.54) is 12.1 Å². The van der Waals surface area contributed by atoms with Crippen LogP contribution in [0.3, 0.4) is 0 Å². The summed E-state index contributed by atoms with van der Waals surface area (Å²) < 4.78 is 13.1. The smallest absolute Gasteiger partial charge is 0.315 e. The van der Waals surface area contributed by atoms with Crippen molar-refractivity contribution in [1.29, 1.82) is 0 Å². The van der Waals surface area contributed by atoms with Gasteiger partial charge in [0.1, 0.15) is 11.2 Å². The van der Waals surface area contributed by atoms with Crippen LogP contribution in [0.5, 0.6) is 0 Å². The molecule has 0 aliphatic rings. The van der Waals surface area contributed by atoms with Crippen LogP contribution >= 0.6 is 0 Å². The molecule has 0 aliphatic carbocycles. The molecule has 4 nitrogen and oxygen atoms in total. The molecule has 1 amide bonds. The van der Waals surface area contributed by atoms with Gasteiger partial charge in [0.15, 0.2) is 0 Å². The summed E-state index contributed by atoms with van der Waals surface area (Å²) >= 11 is 0. The Morgan fingerprint density at radius 2 is 1.72 bits per heavy atom. The predicted octanol–water partition coefficient (Wildman–Crippen LogP) is 3.48. The van der Waals surface area contributed by atoms with E-state index >= 15 is 0 Å². The SMILES string of the molecule is CCC(C(=O)NCC(C)(C(=O)O)c1ccccc1)c1ccc(F)cc1. The van der Waals surface area contributed by atoms with Gasteiger partial charge in [0.05, 0.1) is 5.92 Å². The molecule has 0 saturated heterocycles. The Labute approximate surface area is 146 Å². The number of carboxylic acid groups (broad SMARTS) is 1. The third-order valence-electron chi connectivity index (χ3n) is 4.50. The van der Waals surface area contributed by atoms with Crippen molar-refractivity contribution < 1.29 is 19.1 Å². The zero-order valence-electron chi connectivity index (χ0n) is 14.3. The monoisotopic (exact) mass is 343 g/mol. The Morgan fingerprint density at radius 3 is 2.24 bits per heavy atom. The van der Waals surface area contributed by atoms with Gasteiger partial charge in [-0.05, 0) is 36.6 Å². The molecule has 0 saturated carbocycles. The highest BCUT2D eigenvalue weighted by atomic mass is 19.1. The first kappa shape index (κ1) is 18.6. The summed E-state index contributed by atoms with van der Waals surface area (Å²) in [5.74, 6) is -2.08. The predicted molar refractivity (Wildman–Crippen MR) is 93.9 cm³/mol. The zero-order chi connectivity index (χ0) is 18.4. The zero-order valence-corrected chi connectivity index (χ0v) is 14.3. The van der Waals surface area contributed by atoms with E-state index in [9.17, 15) is 19.1 Å². The van der Waals surface area contributed by atoms with Gasteiger partial charge in [-0.3, -0.25) is 9.59 Å². The molecule has 0 radical (unpaired) electrons. The molecule has 0 aliphatic heterocycles. The number of carboxylic acids is 1. The van der Waals surface area contributed by atoms with Crippen LogP contribution in [0.2, 0.25) is 0 Å². The standard InChI is InChI=1S/C20H22FNO3/c1-3-17(14-9-11-16(21)12-10-14)18(23)22-13-20(2,19(24)25)15-7-5-4-6-8-15/h4-12,17H,3,13H2,1-2H3,(H,22,23)(H,24,25). The second-order valence-corrected chi connectivity index (χ2v) is 6.23. The van der Waals surface area contributed by atoms with Crippen LogP contribution in [-0.4, -0.2) is 23.5 Å². The fourth-order valence-corrected chi connectivity index (χ4v) is 2.76. The van der Waals surface area contributed by atoms with Gasteiger partial charge in [0, 0.05) is 6.54 Å². The van der Waals surface area contributed by atoms with Crippen LogP contribution in [0.25, 0.3) is 0 Å². The highest BCUT2D eigenvalue weighted by Crippen LogP contribution is 2.25. The van der Waals surface area contributed by atoms with E-state index in [0.29, 0.717) is 17.5 Å². The third kappa shape index (κ3) is 4.24. The molecule has 2 rings (SSSR count). The molecule has 0 bridgehead atoms. The van der Waals surface area contributed by atoms with Gasteiger partial charge in [-0.2, -0.15) is 0 Å². The fourth-order valence-electron chi connectivity index (χ4n) is 2.76. The lowest BCUT2D eigenvalue weighted by molar-refractivity contribution is -0.143. The van der Waals surface area contributed by atoms with Gasteiger partial charge >= 0.3 is 5.97 Å². The van der Waals surface area contributed by atoms with E-state index in [-0.39, 0.29) is 18.3 Å². The van der Waals surface area contributed by atoms with Crippen LogP contribution in [-0.2, 0) is 15.0 Å². The molecular formula is C20H22FNO3. The average molecular weight is 343 g/mol. The van der Waals surface area contributed by atoms with Crippen molar-refractivity contribution in [1.82, 2.24) is 5.32 Å². The minimum absolute atomic E-state index is 0.0249. The largest absolute Gasteiger partial charge is 0.481 e. The average Bonchev–Trinajstić information content (AvgIpc) is 2.62. The molecule has 0 aromatic heterocycles. The Balaban J connectivity index is 2.15. The number of carbonyl (C=O) groups excluding carboxylic acids is 1. The maximum Gasteiger partial charge on any atom is 0.315 e. The van der Waals surface area contributed by atoms with Gasteiger partial charge in [-0.25, -0.2) is 4.39 Å². The van der Waals surface area contributed by atoms with E-state index in [4.69, 9.17) is 0 Å². The van der Waals surface area contributed by atoms with Crippen LogP contribution in [0.1, 0.15) is 37.3 Å². The summed E-state index contributed by atoms with van der Waals surface area (Å²) in [4.78, 5) is 24.4. The number of halogens is 1. The van der Waals surface area contributed by atoms with Crippen LogP contribution in [0.4, 0.5) is 4.39 Å². The molecule has 132 valence electrons. The first-order valence-electron chi connectivity index (χ1n) is 8.20. The second kappa shape index (κ2) is 7.92. The van der Waals surface area contributed by atoms with Gasteiger partial charge in [0.25, 0.3) is 0 Å². The summed E-state index contributed by atoms with van der Waals surface area (Å²) in [6.45, 7) is 3.42. The quantitative estimate of drug-likeness (QED) is 0.809. The van der Waals surface area contributed by atoms with Crippen LogP contribution in [0.15, 0.2) is 54.6 Å². The number of hydrogen-bond acceptors (Lipinski definition) is 2. The lowest BCUT2D eigenvalue weighted by Gasteiger charge is -2.27. The molecule has 2 aromatic rings. The number of aliphatic carboxylic acids is 1. The van der Waals surface area contributed by atoms with E-state index < -0.39 is 17.3 Å². The molecule has 2 N–H and O–H groups in total. The van der Waals surface area contributed by atoms with E-state index in [0.717, 1.165) is 0 Å². The maximum atomic E-state index is 13.1. The van der Waals surface area contributed by atoms with Crippen LogP contribution < -0.4 is 5.32 Å². The molecule has 0 heterocycles. The van der Waals surface area contributed by atoms with E-state index in [1.54, 1.807) is 43.3 Å². The summed E-state index contributed by atoms with van der Waals surface area (Å²) in [5.41, 5.74) is 0.105. The number of benzene rings is 2. The van der Waals surface area contributed by atoms with Gasteiger partial charge in [-0.15, -0.1) is 0 Å². The number of nitrogens with one attached hydrogen (secondary N) is 1. The van der Waals surface area contributed by atoms with Crippen molar-refractivity contribution in [2.24, 2.45) is 0 Å². The molecule has 0 fully saturated rings. The summed E-state index contributed by atoms with van der Waals surface area (Å²) in [6.07, 6.45) is 0.534. The normalized spacial score (nSPS) is 14.4. The maximum absolute atomic E-state index is 13.1. The Hall–Kier alpha value is -2.69. The van der Waals surface area contributed by atoms with Gasteiger partial charge < -0.3 is 10.4 Å². The minimum atomic E-state index is -1.22. The fraction of sp³-hybridized carbons (Fsp3) is 0.300. The van der Waals surface area contributed by atoms with E-state index in [2.05, 4.69) is 5.32 Å². The molecule has 2 aromatic carbocycles. The number of amides is 1. The lowest BCUT2D eigenvalue weighted by Crippen LogP contribution is -2.45. The molecule has 5 heteroatoms. The molecular weight excluding hydrogens is 321 g/mol. The van der Waals surface area contributed by atoms with Crippen molar-refractivity contribution >= 4 is 11.9 Å².